The van der Waals surface area contributed by atoms with Crippen molar-refractivity contribution in [2.75, 3.05) is 0 Å². The van der Waals surface area contributed by atoms with Crippen LogP contribution in [-0.2, 0) is 5.41 Å². The first-order chi connectivity index (χ1) is 5.82. The van der Waals surface area contributed by atoms with Crippen LogP contribution < -0.4 is 0 Å². The molecule has 0 aliphatic heterocycles. The summed E-state index contributed by atoms with van der Waals surface area (Å²) in [7, 11) is 0. The van der Waals surface area contributed by atoms with Crippen LogP contribution in [0.3, 0.4) is 0 Å². The van der Waals surface area contributed by atoms with Crippen LogP contribution in [-0.4, -0.2) is 5.11 Å². The Morgan fingerprint density at radius 2 is 1.69 bits per heavy atom. The molecule has 13 heavy (non-hydrogen) atoms. The third kappa shape index (κ3) is 2.29. The minimum atomic E-state index is -0.175. The van der Waals surface area contributed by atoms with E-state index in [1.807, 2.05) is 20.8 Å². The van der Waals surface area contributed by atoms with Crippen LogP contribution in [0.25, 0.3) is 0 Å². The molecule has 0 fully saturated rings. The van der Waals surface area contributed by atoms with Gasteiger partial charge >= 0.3 is 0 Å². The summed E-state index contributed by atoms with van der Waals surface area (Å²) in [6, 6.07) is 3.15. The van der Waals surface area contributed by atoms with Gasteiger partial charge < -0.3 is 5.11 Å². The fraction of sp³-hybridized carbons (Fsp3) is 0.400. The zero-order valence-corrected chi connectivity index (χ0v) is 9.37. The van der Waals surface area contributed by atoms with E-state index in [4.69, 9.17) is 23.2 Å². The van der Waals surface area contributed by atoms with E-state index in [0.717, 1.165) is 5.56 Å². The predicted molar refractivity (Wildman–Crippen MR) is 56.8 cm³/mol. The van der Waals surface area contributed by atoms with E-state index >= 15 is 0 Å². The molecule has 0 spiro atoms. The van der Waals surface area contributed by atoms with Crippen molar-refractivity contribution in [3.8, 4) is 5.75 Å². The Morgan fingerprint density at radius 3 is 2.08 bits per heavy atom. The van der Waals surface area contributed by atoms with Crippen molar-refractivity contribution in [2.45, 2.75) is 26.2 Å². The van der Waals surface area contributed by atoms with Gasteiger partial charge in [0.25, 0.3) is 0 Å². The molecule has 72 valence electrons. The summed E-state index contributed by atoms with van der Waals surface area (Å²) in [5.41, 5.74) is 0.560. The zero-order chi connectivity index (χ0) is 10.2. The highest BCUT2D eigenvalue weighted by molar-refractivity contribution is 6.35. The summed E-state index contributed by atoms with van der Waals surface area (Å²) in [5.74, 6) is 0.157. The van der Waals surface area contributed by atoms with Gasteiger partial charge in [0.1, 0.15) is 5.75 Å². The lowest BCUT2D eigenvalue weighted by Gasteiger charge is -2.21. The molecule has 1 rings (SSSR count). The predicted octanol–water partition coefficient (Wildman–Crippen LogP) is 4.00. The number of phenols is 1. The molecule has 0 aliphatic carbocycles. The monoisotopic (exact) mass is 218 g/mol. The van der Waals surface area contributed by atoms with E-state index in [9.17, 15) is 5.11 Å². The zero-order valence-electron chi connectivity index (χ0n) is 7.86. The Balaban J connectivity index is 3.38. The van der Waals surface area contributed by atoms with E-state index < -0.39 is 0 Å². The molecule has 1 N–H and O–H groups in total. The molecule has 1 nitrogen and oxygen atoms in total. The molecule has 0 aromatic heterocycles. The van der Waals surface area contributed by atoms with Crippen molar-refractivity contribution in [3.05, 3.63) is 27.7 Å². The maximum atomic E-state index is 9.64. The van der Waals surface area contributed by atoms with E-state index in [1.165, 1.54) is 6.07 Å². The Morgan fingerprint density at radius 1 is 1.15 bits per heavy atom. The molecule has 0 amide bonds. The van der Waals surface area contributed by atoms with Gasteiger partial charge in [-0.05, 0) is 17.5 Å². The second-order valence-corrected chi connectivity index (χ2v) is 4.88. The first-order valence-electron chi connectivity index (χ1n) is 4.01. The highest BCUT2D eigenvalue weighted by Crippen LogP contribution is 2.38. The van der Waals surface area contributed by atoms with Crippen molar-refractivity contribution in [2.24, 2.45) is 0 Å². The van der Waals surface area contributed by atoms with Crippen molar-refractivity contribution in [1.82, 2.24) is 0 Å². The van der Waals surface area contributed by atoms with Crippen molar-refractivity contribution in [3.63, 3.8) is 0 Å². The summed E-state index contributed by atoms with van der Waals surface area (Å²) in [4.78, 5) is 0. The van der Waals surface area contributed by atoms with Crippen LogP contribution >= 0.6 is 23.2 Å². The Labute approximate surface area is 88.3 Å². The molecule has 1 aromatic carbocycles. The lowest BCUT2D eigenvalue weighted by atomic mass is 9.86. The molecule has 1 aromatic rings. The number of hydrogen-bond donors (Lipinski definition) is 1. The van der Waals surface area contributed by atoms with Gasteiger partial charge in [-0.25, -0.2) is 0 Å². The fourth-order valence-electron chi connectivity index (χ4n) is 1.30. The Hall–Kier alpha value is -0.400. The molecule has 0 saturated carbocycles. The average molecular weight is 219 g/mol. The topological polar surface area (TPSA) is 20.2 Å². The maximum Gasteiger partial charge on any atom is 0.122 e. The van der Waals surface area contributed by atoms with Gasteiger partial charge in [0.05, 0.1) is 0 Å². The lowest BCUT2D eigenvalue weighted by Crippen LogP contribution is -2.12. The van der Waals surface area contributed by atoms with Gasteiger partial charge in [-0.15, -0.1) is 0 Å². The molecule has 3 heteroatoms. The SMILES string of the molecule is CC(C)(C)c1c(O)cc(Cl)cc1Cl. The maximum absolute atomic E-state index is 9.64. The minimum Gasteiger partial charge on any atom is -0.508 e. The van der Waals surface area contributed by atoms with E-state index in [1.54, 1.807) is 6.07 Å². The Kier molecular flexibility index (Phi) is 2.79. The van der Waals surface area contributed by atoms with E-state index in [0.29, 0.717) is 10.0 Å². The highest BCUT2D eigenvalue weighted by Gasteiger charge is 2.21. The van der Waals surface area contributed by atoms with Gasteiger partial charge in [-0.2, -0.15) is 0 Å². The van der Waals surface area contributed by atoms with Crippen LogP contribution in [0, 0.1) is 0 Å². The Bertz CT molecular complexity index is 303. The molecule has 0 unspecified atom stereocenters. The normalized spacial score (nSPS) is 11.8. The third-order valence-electron chi connectivity index (χ3n) is 1.78. The summed E-state index contributed by atoms with van der Waals surface area (Å²) in [5, 5.41) is 10.6. The number of rotatable bonds is 0. The first kappa shape index (κ1) is 10.7. The molecule has 0 heterocycles. The number of benzene rings is 1. The average Bonchev–Trinajstić information content (AvgIpc) is 1.78. The van der Waals surface area contributed by atoms with Crippen LogP contribution in [0.2, 0.25) is 10.0 Å². The number of hydrogen-bond acceptors (Lipinski definition) is 1. The van der Waals surface area contributed by atoms with Gasteiger partial charge in [0.15, 0.2) is 0 Å². The lowest BCUT2D eigenvalue weighted by molar-refractivity contribution is 0.447. The summed E-state index contributed by atoms with van der Waals surface area (Å²) in [6.07, 6.45) is 0. The fourth-order valence-corrected chi connectivity index (χ4v) is 2.07. The molecular weight excluding hydrogens is 207 g/mol. The smallest absolute Gasteiger partial charge is 0.122 e. The van der Waals surface area contributed by atoms with Gasteiger partial charge in [0.2, 0.25) is 0 Å². The quantitative estimate of drug-likeness (QED) is 0.699. The van der Waals surface area contributed by atoms with Crippen molar-refractivity contribution < 1.29 is 5.11 Å². The molecular formula is C10H12Cl2O. The molecule has 0 atom stereocenters. The number of aromatic hydroxyl groups is 1. The summed E-state index contributed by atoms with van der Waals surface area (Å²) in [6.45, 7) is 5.96. The van der Waals surface area contributed by atoms with Gasteiger partial charge in [-0.1, -0.05) is 44.0 Å². The largest absolute Gasteiger partial charge is 0.508 e. The van der Waals surface area contributed by atoms with E-state index in [-0.39, 0.29) is 11.2 Å². The van der Waals surface area contributed by atoms with Gasteiger partial charge in [0, 0.05) is 15.6 Å². The van der Waals surface area contributed by atoms with E-state index in [2.05, 4.69) is 0 Å². The van der Waals surface area contributed by atoms with Crippen molar-refractivity contribution in [1.29, 1.82) is 0 Å². The molecule has 0 aliphatic rings. The molecule has 0 saturated heterocycles. The van der Waals surface area contributed by atoms with Crippen LogP contribution in [0.4, 0.5) is 0 Å². The number of phenolic OH excluding ortho intramolecular Hbond substituents is 1. The van der Waals surface area contributed by atoms with Crippen LogP contribution in [0.15, 0.2) is 12.1 Å². The minimum absolute atomic E-state index is 0.157. The standard InChI is InChI=1S/C10H12Cl2O/c1-10(2,3)9-7(12)4-6(11)5-8(9)13/h4-5,13H,1-3H3. The van der Waals surface area contributed by atoms with Crippen LogP contribution in [0.5, 0.6) is 5.75 Å². The summed E-state index contributed by atoms with van der Waals surface area (Å²) >= 11 is 11.7. The van der Waals surface area contributed by atoms with Gasteiger partial charge in [-0.3, -0.25) is 0 Å². The number of halogens is 2. The highest BCUT2D eigenvalue weighted by atomic mass is 35.5. The second-order valence-electron chi connectivity index (χ2n) is 4.03. The first-order valence-corrected chi connectivity index (χ1v) is 4.76. The van der Waals surface area contributed by atoms with Crippen LogP contribution in [0.1, 0.15) is 26.3 Å². The molecule has 0 radical (unpaired) electrons. The summed E-state index contributed by atoms with van der Waals surface area (Å²) < 4.78 is 0. The van der Waals surface area contributed by atoms with Crippen molar-refractivity contribution >= 4 is 23.2 Å². The second kappa shape index (κ2) is 3.39. The molecule has 0 bridgehead atoms. The third-order valence-corrected chi connectivity index (χ3v) is 2.30.